The minimum Gasteiger partial charge on any atom is -0.497 e. The van der Waals surface area contributed by atoms with Crippen molar-refractivity contribution in [1.29, 1.82) is 0 Å². The highest BCUT2D eigenvalue weighted by molar-refractivity contribution is 9.10. The van der Waals surface area contributed by atoms with E-state index in [1.807, 2.05) is 12.1 Å². The number of methoxy groups -OCH3 is 2. The minimum atomic E-state index is -0.360. The van der Waals surface area contributed by atoms with Gasteiger partial charge in [-0.1, -0.05) is 15.9 Å². The van der Waals surface area contributed by atoms with Gasteiger partial charge in [-0.3, -0.25) is 4.79 Å². The number of nitrogens with zero attached hydrogens (tertiary/aromatic N) is 1. The van der Waals surface area contributed by atoms with E-state index in [9.17, 15) is 4.79 Å². The van der Waals surface area contributed by atoms with Gasteiger partial charge in [0.1, 0.15) is 17.2 Å². The van der Waals surface area contributed by atoms with Gasteiger partial charge in [0.05, 0.1) is 20.4 Å². The van der Waals surface area contributed by atoms with Gasteiger partial charge in [0.25, 0.3) is 5.91 Å². The Morgan fingerprint density at radius 2 is 1.71 bits per heavy atom. The third-order valence-electron chi connectivity index (χ3n) is 3.03. The van der Waals surface area contributed by atoms with Crippen molar-refractivity contribution >= 4 is 28.1 Å². The van der Waals surface area contributed by atoms with Crippen LogP contribution in [0.1, 0.15) is 5.56 Å². The average molecular weight is 393 g/mol. The zero-order valence-electron chi connectivity index (χ0n) is 13.3. The van der Waals surface area contributed by atoms with Crippen LogP contribution in [0.25, 0.3) is 0 Å². The number of hydrazone groups is 1. The van der Waals surface area contributed by atoms with Gasteiger partial charge >= 0.3 is 0 Å². The van der Waals surface area contributed by atoms with E-state index in [4.69, 9.17) is 14.2 Å². The van der Waals surface area contributed by atoms with E-state index in [0.29, 0.717) is 11.5 Å². The van der Waals surface area contributed by atoms with Crippen LogP contribution in [0.3, 0.4) is 0 Å². The Morgan fingerprint density at radius 1 is 1.08 bits per heavy atom. The van der Waals surface area contributed by atoms with Crippen molar-refractivity contribution in [2.75, 3.05) is 20.8 Å². The van der Waals surface area contributed by atoms with E-state index in [0.717, 1.165) is 15.8 Å². The maximum absolute atomic E-state index is 11.7. The molecule has 6 nitrogen and oxygen atoms in total. The van der Waals surface area contributed by atoms with Gasteiger partial charge in [-0.05, 0) is 42.5 Å². The summed E-state index contributed by atoms with van der Waals surface area (Å²) in [4.78, 5) is 11.7. The lowest BCUT2D eigenvalue weighted by atomic mass is 10.2. The molecule has 0 aliphatic rings. The fraction of sp³-hybridized carbons (Fsp3) is 0.176. The van der Waals surface area contributed by atoms with Crippen LogP contribution in [0, 0.1) is 0 Å². The predicted octanol–water partition coefficient (Wildman–Crippen LogP) is 3.00. The average Bonchev–Trinajstić information content (AvgIpc) is 2.62. The van der Waals surface area contributed by atoms with Gasteiger partial charge in [-0.2, -0.15) is 5.10 Å². The first kappa shape index (κ1) is 17.8. The molecule has 0 atom stereocenters. The van der Waals surface area contributed by atoms with Crippen molar-refractivity contribution in [2.24, 2.45) is 5.10 Å². The standard InChI is InChI=1S/C17H17BrN2O4/c1-22-13-3-5-14(6-4-13)24-11-17(21)20-19-10-12-9-15(23-2)7-8-16(12)18/h3-10H,11H2,1-2H3,(H,20,21). The number of nitrogens with one attached hydrogen (secondary N) is 1. The van der Waals surface area contributed by atoms with E-state index >= 15 is 0 Å². The van der Waals surface area contributed by atoms with Crippen LogP contribution < -0.4 is 19.6 Å². The lowest BCUT2D eigenvalue weighted by molar-refractivity contribution is -0.123. The molecule has 2 aromatic rings. The molecular weight excluding hydrogens is 376 g/mol. The Morgan fingerprint density at radius 3 is 2.38 bits per heavy atom. The topological polar surface area (TPSA) is 69.2 Å². The summed E-state index contributed by atoms with van der Waals surface area (Å²) in [6.07, 6.45) is 1.53. The second kappa shape index (κ2) is 8.93. The molecule has 1 amide bonds. The molecular formula is C17H17BrN2O4. The zero-order chi connectivity index (χ0) is 17.4. The van der Waals surface area contributed by atoms with Crippen LogP contribution >= 0.6 is 15.9 Å². The van der Waals surface area contributed by atoms with Crippen molar-refractivity contribution in [1.82, 2.24) is 5.43 Å². The van der Waals surface area contributed by atoms with Crippen molar-refractivity contribution < 1.29 is 19.0 Å². The Labute approximate surface area is 148 Å². The number of rotatable bonds is 7. The molecule has 0 fully saturated rings. The van der Waals surface area contributed by atoms with Crippen molar-refractivity contribution in [3.05, 3.63) is 52.5 Å². The van der Waals surface area contributed by atoms with Gasteiger partial charge < -0.3 is 14.2 Å². The zero-order valence-corrected chi connectivity index (χ0v) is 14.9. The Balaban J connectivity index is 1.84. The number of carbonyl (C=O) groups excluding carboxylic acids is 1. The fourth-order valence-corrected chi connectivity index (χ4v) is 2.12. The van der Waals surface area contributed by atoms with Gasteiger partial charge in [-0.25, -0.2) is 5.43 Å². The van der Waals surface area contributed by atoms with Crippen molar-refractivity contribution in [3.8, 4) is 17.2 Å². The molecule has 0 heterocycles. The summed E-state index contributed by atoms with van der Waals surface area (Å²) in [6.45, 7) is -0.136. The van der Waals surface area contributed by atoms with Gasteiger partial charge in [0.2, 0.25) is 0 Å². The third-order valence-corrected chi connectivity index (χ3v) is 3.75. The summed E-state index contributed by atoms with van der Waals surface area (Å²) >= 11 is 3.41. The second-order valence-electron chi connectivity index (χ2n) is 4.64. The van der Waals surface area contributed by atoms with Crippen LogP contribution in [0.4, 0.5) is 0 Å². The lowest BCUT2D eigenvalue weighted by Gasteiger charge is -2.06. The van der Waals surface area contributed by atoms with Crippen LogP contribution in [0.15, 0.2) is 52.0 Å². The van der Waals surface area contributed by atoms with E-state index in [1.54, 1.807) is 44.6 Å². The highest BCUT2D eigenvalue weighted by Crippen LogP contribution is 2.20. The van der Waals surface area contributed by atoms with Gasteiger partial charge in [0, 0.05) is 10.0 Å². The highest BCUT2D eigenvalue weighted by atomic mass is 79.9. The maximum atomic E-state index is 11.7. The lowest BCUT2D eigenvalue weighted by Crippen LogP contribution is -2.24. The SMILES string of the molecule is COc1ccc(OCC(=O)NN=Cc2cc(OC)ccc2Br)cc1. The Hall–Kier alpha value is -2.54. The summed E-state index contributed by atoms with van der Waals surface area (Å²) in [5.74, 6) is 1.64. The maximum Gasteiger partial charge on any atom is 0.277 e. The first-order chi connectivity index (χ1) is 11.6. The second-order valence-corrected chi connectivity index (χ2v) is 5.50. The van der Waals surface area contributed by atoms with Crippen LogP contribution in [0.2, 0.25) is 0 Å². The van der Waals surface area contributed by atoms with E-state index in [1.165, 1.54) is 6.21 Å². The highest BCUT2D eigenvalue weighted by Gasteiger charge is 2.03. The normalized spacial score (nSPS) is 10.5. The van der Waals surface area contributed by atoms with Crippen molar-refractivity contribution in [3.63, 3.8) is 0 Å². The predicted molar refractivity (Wildman–Crippen MR) is 94.9 cm³/mol. The molecule has 0 unspecified atom stereocenters. The fourth-order valence-electron chi connectivity index (χ4n) is 1.77. The molecule has 0 bridgehead atoms. The van der Waals surface area contributed by atoms with Crippen LogP contribution in [0.5, 0.6) is 17.2 Å². The van der Waals surface area contributed by atoms with Crippen molar-refractivity contribution in [2.45, 2.75) is 0 Å². The Kier molecular flexibility index (Phi) is 6.62. The number of amides is 1. The van der Waals surface area contributed by atoms with E-state index < -0.39 is 0 Å². The minimum absolute atomic E-state index is 0.136. The summed E-state index contributed by atoms with van der Waals surface area (Å²) in [7, 11) is 3.17. The molecule has 126 valence electrons. The number of carbonyl (C=O) groups is 1. The van der Waals surface area contributed by atoms with Crippen LogP contribution in [-0.4, -0.2) is 32.9 Å². The molecule has 1 N–H and O–H groups in total. The molecule has 2 rings (SSSR count). The molecule has 0 aliphatic carbocycles. The quantitative estimate of drug-likeness (QED) is 0.580. The molecule has 0 aliphatic heterocycles. The summed E-state index contributed by atoms with van der Waals surface area (Å²) in [6, 6.07) is 12.4. The Bertz CT molecular complexity index is 717. The number of hydrogen-bond donors (Lipinski definition) is 1. The summed E-state index contributed by atoms with van der Waals surface area (Å²) in [5.41, 5.74) is 3.19. The molecule has 0 spiro atoms. The summed E-state index contributed by atoms with van der Waals surface area (Å²) < 4.78 is 16.4. The van der Waals surface area contributed by atoms with Crippen LogP contribution in [-0.2, 0) is 4.79 Å². The molecule has 0 radical (unpaired) electrons. The van der Waals surface area contributed by atoms with E-state index in [-0.39, 0.29) is 12.5 Å². The van der Waals surface area contributed by atoms with Gasteiger partial charge in [-0.15, -0.1) is 0 Å². The number of benzene rings is 2. The van der Waals surface area contributed by atoms with E-state index in [2.05, 4.69) is 26.5 Å². The molecule has 0 saturated carbocycles. The monoisotopic (exact) mass is 392 g/mol. The first-order valence-corrected chi connectivity index (χ1v) is 7.84. The molecule has 7 heteroatoms. The molecule has 0 aromatic heterocycles. The summed E-state index contributed by atoms with van der Waals surface area (Å²) in [5, 5.41) is 3.91. The molecule has 24 heavy (non-hydrogen) atoms. The largest absolute Gasteiger partial charge is 0.497 e. The molecule has 0 saturated heterocycles. The van der Waals surface area contributed by atoms with Gasteiger partial charge in [0.15, 0.2) is 6.61 Å². The smallest absolute Gasteiger partial charge is 0.277 e. The third kappa shape index (κ3) is 5.27. The number of halogens is 1. The first-order valence-electron chi connectivity index (χ1n) is 7.04. The number of hydrogen-bond acceptors (Lipinski definition) is 5. The molecule has 2 aromatic carbocycles. The number of ether oxygens (including phenoxy) is 3.